The molecule has 1 N–H and O–H groups in total. The Kier molecular flexibility index (Phi) is 5.10. The van der Waals surface area contributed by atoms with Gasteiger partial charge in [-0.1, -0.05) is 30.3 Å². The maximum Gasteiger partial charge on any atom is 0.255 e. The molecule has 1 heterocycles. The van der Waals surface area contributed by atoms with Crippen LogP contribution in [0, 0.1) is 0 Å². The van der Waals surface area contributed by atoms with Gasteiger partial charge in [0.2, 0.25) is 0 Å². The van der Waals surface area contributed by atoms with E-state index < -0.39 is 0 Å². The maximum absolute atomic E-state index is 13.0. The van der Waals surface area contributed by atoms with Crippen molar-refractivity contribution in [1.29, 1.82) is 0 Å². The second-order valence-corrected chi connectivity index (χ2v) is 6.90. The van der Waals surface area contributed by atoms with E-state index in [2.05, 4.69) is 10.4 Å². The predicted molar refractivity (Wildman–Crippen MR) is 106 cm³/mol. The highest BCUT2D eigenvalue weighted by Gasteiger charge is 2.18. The molecular weight excluding hydrogens is 338 g/mol. The number of hydrogen-bond donors (Lipinski definition) is 1. The first-order valence-corrected chi connectivity index (χ1v) is 9.74. The summed E-state index contributed by atoms with van der Waals surface area (Å²) in [5.74, 6) is 0.529. The molecule has 1 aliphatic rings. The monoisotopic (exact) mass is 363 g/mol. The summed E-state index contributed by atoms with van der Waals surface area (Å²) in [6, 6.07) is 11.8. The first kappa shape index (κ1) is 17.6. The van der Waals surface area contributed by atoms with Crippen molar-refractivity contribution < 1.29 is 9.53 Å². The van der Waals surface area contributed by atoms with Crippen molar-refractivity contribution in [3.63, 3.8) is 0 Å². The largest absolute Gasteiger partial charge is 0.493 e. The van der Waals surface area contributed by atoms with Crippen LogP contribution in [0.4, 0.5) is 0 Å². The van der Waals surface area contributed by atoms with Crippen LogP contribution < -0.4 is 10.1 Å². The molecule has 5 heteroatoms. The van der Waals surface area contributed by atoms with E-state index in [0.29, 0.717) is 31.0 Å². The predicted octanol–water partition coefficient (Wildman–Crippen LogP) is 3.74. The Balaban J connectivity index is 1.51. The summed E-state index contributed by atoms with van der Waals surface area (Å²) in [6.45, 7) is 3.69. The third-order valence-electron chi connectivity index (χ3n) is 5.17. The summed E-state index contributed by atoms with van der Waals surface area (Å²) in [5.41, 5.74) is 3.30. The van der Waals surface area contributed by atoms with E-state index in [9.17, 15) is 4.79 Å². The van der Waals surface area contributed by atoms with Crippen molar-refractivity contribution >= 4 is 16.7 Å². The van der Waals surface area contributed by atoms with Crippen LogP contribution in [0.15, 0.2) is 42.6 Å². The highest BCUT2D eigenvalue weighted by molar-refractivity contribution is 6.09. The number of amides is 1. The Morgan fingerprint density at radius 1 is 1.19 bits per heavy atom. The zero-order chi connectivity index (χ0) is 18.6. The van der Waals surface area contributed by atoms with Crippen molar-refractivity contribution in [3.8, 4) is 5.75 Å². The molecule has 0 saturated carbocycles. The molecule has 0 spiro atoms. The number of rotatable bonds is 6. The van der Waals surface area contributed by atoms with Crippen LogP contribution in [0.3, 0.4) is 0 Å². The maximum atomic E-state index is 13.0. The number of benzene rings is 2. The van der Waals surface area contributed by atoms with Crippen molar-refractivity contribution in [2.75, 3.05) is 13.2 Å². The number of carbonyl (C=O) groups excluding carboxylic acids is 1. The minimum Gasteiger partial charge on any atom is -0.493 e. The van der Waals surface area contributed by atoms with Crippen molar-refractivity contribution in [3.05, 3.63) is 59.4 Å². The van der Waals surface area contributed by atoms with Crippen LogP contribution in [0.1, 0.15) is 41.4 Å². The van der Waals surface area contributed by atoms with E-state index in [4.69, 9.17) is 4.74 Å². The van der Waals surface area contributed by atoms with Gasteiger partial charge in [-0.05, 0) is 55.0 Å². The molecule has 140 valence electrons. The third-order valence-corrected chi connectivity index (χ3v) is 5.17. The van der Waals surface area contributed by atoms with Gasteiger partial charge in [0, 0.05) is 12.2 Å². The summed E-state index contributed by atoms with van der Waals surface area (Å²) < 4.78 is 7.76. The summed E-state index contributed by atoms with van der Waals surface area (Å²) in [7, 11) is 0. The summed E-state index contributed by atoms with van der Waals surface area (Å²) in [4.78, 5) is 13.0. The minimum atomic E-state index is -0.101. The van der Waals surface area contributed by atoms with E-state index in [1.165, 1.54) is 24.1 Å². The summed E-state index contributed by atoms with van der Waals surface area (Å²) in [5, 5.41) is 9.51. The fourth-order valence-electron chi connectivity index (χ4n) is 3.87. The van der Waals surface area contributed by atoms with Gasteiger partial charge in [0.15, 0.2) is 0 Å². The number of carbonyl (C=O) groups is 1. The summed E-state index contributed by atoms with van der Waals surface area (Å²) >= 11 is 0. The minimum absolute atomic E-state index is 0.101. The molecular formula is C22H25N3O2. The fourth-order valence-corrected chi connectivity index (χ4v) is 3.87. The first-order valence-electron chi connectivity index (χ1n) is 9.74. The molecule has 4 rings (SSSR count). The SMILES string of the molecule is CCOc1ccc2ccccc2c1C(=O)NCCn1ncc2c1CCCC2. The Labute approximate surface area is 159 Å². The molecule has 0 bridgehead atoms. The lowest BCUT2D eigenvalue weighted by molar-refractivity contribution is 0.0950. The summed E-state index contributed by atoms with van der Waals surface area (Å²) in [6.07, 6.45) is 6.65. The number of nitrogens with one attached hydrogen (secondary N) is 1. The zero-order valence-corrected chi connectivity index (χ0v) is 15.7. The van der Waals surface area contributed by atoms with Crippen LogP contribution in [-0.4, -0.2) is 28.8 Å². The molecule has 0 unspecified atom stereocenters. The van der Waals surface area contributed by atoms with E-state index in [0.717, 1.165) is 23.6 Å². The lowest BCUT2D eigenvalue weighted by Gasteiger charge is -2.15. The Morgan fingerprint density at radius 2 is 2.04 bits per heavy atom. The molecule has 5 nitrogen and oxygen atoms in total. The number of ether oxygens (including phenoxy) is 1. The molecule has 27 heavy (non-hydrogen) atoms. The van der Waals surface area contributed by atoms with Crippen LogP contribution in [0.25, 0.3) is 10.8 Å². The second-order valence-electron chi connectivity index (χ2n) is 6.90. The number of aryl methyl sites for hydroxylation is 1. The smallest absolute Gasteiger partial charge is 0.255 e. The highest BCUT2D eigenvalue weighted by atomic mass is 16.5. The normalized spacial score (nSPS) is 13.4. The Hall–Kier alpha value is -2.82. The van der Waals surface area contributed by atoms with E-state index in [1.807, 2.05) is 54.2 Å². The van der Waals surface area contributed by atoms with E-state index in [-0.39, 0.29) is 5.91 Å². The zero-order valence-electron chi connectivity index (χ0n) is 15.7. The molecule has 0 saturated heterocycles. The van der Waals surface area contributed by atoms with Gasteiger partial charge >= 0.3 is 0 Å². The van der Waals surface area contributed by atoms with Crippen LogP contribution >= 0.6 is 0 Å². The fraction of sp³-hybridized carbons (Fsp3) is 0.364. The first-order chi connectivity index (χ1) is 13.3. The van der Waals surface area contributed by atoms with Gasteiger partial charge in [-0.2, -0.15) is 5.10 Å². The molecule has 0 fully saturated rings. The molecule has 0 radical (unpaired) electrons. The van der Waals surface area contributed by atoms with E-state index in [1.54, 1.807) is 0 Å². The Bertz CT molecular complexity index is 961. The number of fused-ring (bicyclic) bond motifs is 2. The molecule has 3 aromatic rings. The molecule has 1 aliphatic carbocycles. The van der Waals surface area contributed by atoms with Crippen LogP contribution in [-0.2, 0) is 19.4 Å². The van der Waals surface area contributed by atoms with Crippen molar-refractivity contribution in [2.45, 2.75) is 39.2 Å². The molecule has 1 aromatic heterocycles. The van der Waals surface area contributed by atoms with Gasteiger partial charge in [0.25, 0.3) is 5.91 Å². The highest BCUT2D eigenvalue weighted by Crippen LogP contribution is 2.28. The average molecular weight is 363 g/mol. The lowest BCUT2D eigenvalue weighted by atomic mass is 9.98. The standard InChI is InChI=1S/C22H25N3O2/c1-2-27-20-12-11-16-7-3-5-9-18(16)21(20)22(26)23-13-14-25-19-10-6-4-8-17(19)15-24-25/h3,5,7,9,11-12,15H,2,4,6,8,10,13-14H2,1H3,(H,23,26). The van der Waals surface area contributed by atoms with E-state index >= 15 is 0 Å². The van der Waals surface area contributed by atoms with Crippen molar-refractivity contribution in [2.24, 2.45) is 0 Å². The number of hydrogen-bond acceptors (Lipinski definition) is 3. The average Bonchev–Trinajstić information content (AvgIpc) is 3.11. The van der Waals surface area contributed by atoms with Gasteiger partial charge in [-0.15, -0.1) is 0 Å². The quantitative estimate of drug-likeness (QED) is 0.726. The second kappa shape index (κ2) is 7.82. The third kappa shape index (κ3) is 3.54. The van der Waals surface area contributed by atoms with Gasteiger partial charge in [0.1, 0.15) is 5.75 Å². The van der Waals surface area contributed by atoms with Gasteiger partial charge in [-0.3, -0.25) is 9.48 Å². The molecule has 0 aliphatic heterocycles. The lowest BCUT2D eigenvalue weighted by Crippen LogP contribution is -2.28. The number of aromatic nitrogens is 2. The van der Waals surface area contributed by atoms with Gasteiger partial charge < -0.3 is 10.1 Å². The topological polar surface area (TPSA) is 56.1 Å². The number of nitrogens with zero attached hydrogens (tertiary/aromatic N) is 2. The Morgan fingerprint density at radius 3 is 2.93 bits per heavy atom. The molecule has 1 amide bonds. The van der Waals surface area contributed by atoms with Crippen molar-refractivity contribution in [1.82, 2.24) is 15.1 Å². The molecule has 0 atom stereocenters. The van der Waals surface area contributed by atoms with Gasteiger partial charge in [-0.25, -0.2) is 0 Å². The van der Waals surface area contributed by atoms with Gasteiger partial charge in [0.05, 0.1) is 24.9 Å². The molecule has 2 aromatic carbocycles. The van der Waals surface area contributed by atoms with Crippen LogP contribution in [0.2, 0.25) is 0 Å². The van der Waals surface area contributed by atoms with Crippen LogP contribution in [0.5, 0.6) is 5.75 Å².